The van der Waals surface area contributed by atoms with Crippen LogP contribution in [0.5, 0.6) is 0 Å². The fourth-order valence-corrected chi connectivity index (χ4v) is 2.21. The van der Waals surface area contributed by atoms with Crippen LogP contribution < -0.4 is 0 Å². The summed E-state index contributed by atoms with van der Waals surface area (Å²) < 4.78 is 2.18. The number of rotatable bonds is 0. The molecule has 2 heteroatoms. The maximum Gasteiger partial charge on any atom is 0.0999 e. The lowest BCUT2D eigenvalue weighted by molar-refractivity contribution is 1.16. The Bertz CT molecular complexity index is 729. The Balaban J connectivity index is 2.67. The van der Waals surface area contributed by atoms with Crippen LogP contribution in [0, 0.1) is 18.3 Å². The Morgan fingerprint density at radius 2 is 1.94 bits per heavy atom. The Kier molecular flexibility index (Phi) is 1.75. The van der Waals surface area contributed by atoms with Gasteiger partial charge in [0.1, 0.15) is 0 Å². The second-order valence-corrected chi connectivity index (χ2v) is 3.92. The maximum atomic E-state index is 9.14. The predicted octanol–water partition coefficient (Wildman–Crippen LogP) is 3.27. The van der Waals surface area contributed by atoms with Crippen LogP contribution in [-0.2, 0) is 0 Å². The molecule has 2 aromatic heterocycles. The molecule has 0 atom stereocenters. The molecule has 0 aliphatic heterocycles. The van der Waals surface area contributed by atoms with Crippen molar-refractivity contribution < 1.29 is 0 Å². The molecule has 2 heterocycles. The van der Waals surface area contributed by atoms with Crippen molar-refractivity contribution in [3.8, 4) is 6.07 Å². The van der Waals surface area contributed by atoms with Gasteiger partial charge in [0, 0.05) is 16.6 Å². The van der Waals surface area contributed by atoms with Gasteiger partial charge >= 0.3 is 0 Å². The zero-order valence-corrected chi connectivity index (χ0v) is 8.94. The topological polar surface area (TPSA) is 28.2 Å². The standard InChI is InChI=1S/C14H10N2/c1-10-6-7-12-8-11(9-15)13-4-2-3-5-14(13)16(10)12/h2-8H,1H3. The molecule has 16 heavy (non-hydrogen) atoms. The molecule has 0 unspecified atom stereocenters. The van der Waals surface area contributed by atoms with Crippen LogP contribution in [0.15, 0.2) is 42.5 Å². The van der Waals surface area contributed by atoms with Gasteiger partial charge in [-0.1, -0.05) is 18.2 Å². The maximum absolute atomic E-state index is 9.14. The third kappa shape index (κ3) is 1.06. The molecule has 1 aromatic carbocycles. The highest BCUT2D eigenvalue weighted by molar-refractivity contribution is 5.88. The van der Waals surface area contributed by atoms with Gasteiger partial charge in [0.05, 0.1) is 17.1 Å². The second kappa shape index (κ2) is 3.11. The zero-order valence-electron chi connectivity index (χ0n) is 8.94. The van der Waals surface area contributed by atoms with Crippen molar-refractivity contribution in [1.29, 1.82) is 5.26 Å². The number of hydrogen-bond acceptors (Lipinski definition) is 1. The summed E-state index contributed by atoms with van der Waals surface area (Å²) in [6.07, 6.45) is 0. The quantitative estimate of drug-likeness (QED) is 0.554. The average molecular weight is 206 g/mol. The Morgan fingerprint density at radius 1 is 1.12 bits per heavy atom. The number of fused-ring (bicyclic) bond motifs is 3. The van der Waals surface area contributed by atoms with E-state index in [0.717, 1.165) is 22.0 Å². The van der Waals surface area contributed by atoms with E-state index < -0.39 is 0 Å². The lowest BCUT2D eigenvalue weighted by Crippen LogP contribution is -1.92. The minimum absolute atomic E-state index is 0.737. The van der Waals surface area contributed by atoms with Crippen LogP contribution in [-0.4, -0.2) is 4.40 Å². The van der Waals surface area contributed by atoms with Gasteiger partial charge in [-0.3, -0.25) is 0 Å². The van der Waals surface area contributed by atoms with Crippen LogP contribution >= 0.6 is 0 Å². The molecule has 0 radical (unpaired) electrons. The van der Waals surface area contributed by atoms with E-state index in [1.165, 1.54) is 5.69 Å². The second-order valence-electron chi connectivity index (χ2n) is 3.92. The summed E-state index contributed by atoms with van der Waals surface area (Å²) in [4.78, 5) is 0. The molecule has 0 saturated carbocycles. The van der Waals surface area contributed by atoms with Gasteiger partial charge in [0.25, 0.3) is 0 Å². The largest absolute Gasteiger partial charge is 0.314 e. The first kappa shape index (κ1) is 8.99. The van der Waals surface area contributed by atoms with Crippen LogP contribution in [0.4, 0.5) is 0 Å². The van der Waals surface area contributed by atoms with Crippen molar-refractivity contribution in [2.75, 3.05) is 0 Å². The summed E-state index contributed by atoms with van der Waals surface area (Å²) in [7, 11) is 0. The average Bonchev–Trinajstić information content (AvgIpc) is 2.70. The van der Waals surface area contributed by atoms with Gasteiger partial charge in [-0.05, 0) is 31.2 Å². The van der Waals surface area contributed by atoms with Crippen molar-refractivity contribution in [2.24, 2.45) is 0 Å². The minimum atomic E-state index is 0.737. The molecule has 0 amide bonds. The van der Waals surface area contributed by atoms with E-state index in [1.807, 2.05) is 30.3 Å². The third-order valence-corrected chi connectivity index (χ3v) is 2.95. The van der Waals surface area contributed by atoms with Crippen LogP contribution in [0.25, 0.3) is 16.4 Å². The van der Waals surface area contributed by atoms with Gasteiger partial charge in [-0.2, -0.15) is 5.26 Å². The molecule has 0 bridgehead atoms. The number of hydrogen-bond donors (Lipinski definition) is 0. The van der Waals surface area contributed by atoms with Gasteiger partial charge in [0.15, 0.2) is 0 Å². The molecular weight excluding hydrogens is 196 g/mol. The van der Waals surface area contributed by atoms with E-state index >= 15 is 0 Å². The number of nitriles is 1. The van der Waals surface area contributed by atoms with Crippen molar-refractivity contribution in [3.63, 3.8) is 0 Å². The number of nitrogens with zero attached hydrogens (tertiary/aromatic N) is 2. The highest BCUT2D eigenvalue weighted by atomic mass is 14.9. The first-order chi connectivity index (χ1) is 7.81. The van der Waals surface area contributed by atoms with Gasteiger partial charge in [0.2, 0.25) is 0 Å². The lowest BCUT2D eigenvalue weighted by Gasteiger charge is -2.06. The molecule has 3 rings (SSSR count). The van der Waals surface area contributed by atoms with E-state index in [1.54, 1.807) is 0 Å². The van der Waals surface area contributed by atoms with E-state index in [0.29, 0.717) is 0 Å². The van der Waals surface area contributed by atoms with Crippen molar-refractivity contribution in [2.45, 2.75) is 6.92 Å². The molecule has 0 fully saturated rings. The highest BCUT2D eigenvalue weighted by Crippen LogP contribution is 2.23. The normalized spacial score (nSPS) is 10.8. The van der Waals surface area contributed by atoms with Crippen LogP contribution in [0.1, 0.15) is 11.3 Å². The highest BCUT2D eigenvalue weighted by Gasteiger charge is 2.06. The fourth-order valence-electron chi connectivity index (χ4n) is 2.21. The summed E-state index contributed by atoms with van der Waals surface area (Å²) in [6.45, 7) is 2.07. The van der Waals surface area contributed by atoms with Crippen molar-refractivity contribution in [3.05, 3.63) is 53.7 Å². The smallest absolute Gasteiger partial charge is 0.0999 e. The SMILES string of the molecule is Cc1ccc2cc(C#N)c3ccccc3n12. The summed E-state index contributed by atoms with van der Waals surface area (Å²) >= 11 is 0. The van der Waals surface area contributed by atoms with Crippen molar-refractivity contribution in [1.82, 2.24) is 4.40 Å². The lowest BCUT2D eigenvalue weighted by atomic mass is 10.1. The fraction of sp³-hybridized carbons (Fsp3) is 0.0714. The number of aryl methyl sites for hydroxylation is 1. The summed E-state index contributed by atoms with van der Waals surface area (Å²) in [5, 5.41) is 10.2. The van der Waals surface area contributed by atoms with E-state index in [2.05, 4.69) is 29.5 Å². The Morgan fingerprint density at radius 3 is 2.75 bits per heavy atom. The number of pyridine rings is 1. The molecular formula is C14H10N2. The third-order valence-electron chi connectivity index (χ3n) is 2.95. The van der Waals surface area contributed by atoms with E-state index in [-0.39, 0.29) is 0 Å². The number of para-hydroxylation sites is 1. The Labute approximate surface area is 93.4 Å². The summed E-state index contributed by atoms with van der Waals surface area (Å²) in [5.74, 6) is 0. The van der Waals surface area contributed by atoms with Gasteiger partial charge < -0.3 is 4.40 Å². The predicted molar refractivity (Wildman–Crippen MR) is 64.4 cm³/mol. The van der Waals surface area contributed by atoms with Gasteiger partial charge in [-0.15, -0.1) is 0 Å². The monoisotopic (exact) mass is 206 g/mol. The molecule has 0 N–H and O–H groups in total. The van der Waals surface area contributed by atoms with Gasteiger partial charge in [-0.25, -0.2) is 0 Å². The molecule has 0 aliphatic rings. The molecule has 76 valence electrons. The van der Waals surface area contributed by atoms with E-state index in [4.69, 9.17) is 5.26 Å². The molecule has 0 saturated heterocycles. The van der Waals surface area contributed by atoms with Crippen LogP contribution in [0.2, 0.25) is 0 Å². The number of aromatic nitrogens is 1. The minimum Gasteiger partial charge on any atom is -0.314 e. The Hall–Kier alpha value is -2.27. The molecule has 0 spiro atoms. The first-order valence-corrected chi connectivity index (χ1v) is 5.21. The first-order valence-electron chi connectivity index (χ1n) is 5.21. The summed E-state index contributed by atoms with van der Waals surface area (Å²) in [5.41, 5.74) is 4.10. The van der Waals surface area contributed by atoms with Crippen LogP contribution in [0.3, 0.4) is 0 Å². The molecule has 2 nitrogen and oxygen atoms in total. The zero-order chi connectivity index (χ0) is 11.1. The molecule has 0 aliphatic carbocycles. The van der Waals surface area contributed by atoms with E-state index in [9.17, 15) is 0 Å². The number of benzene rings is 1. The molecule has 3 aromatic rings. The van der Waals surface area contributed by atoms with Crippen molar-refractivity contribution >= 4 is 16.4 Å². The summed E-state index contributed by atoms with van der Waals surface area (Å²) in [6, 6.07) is 16.3.